The highest BCUT2D eigenvalue weighted by Gasteiger charge is 2.31. The second-order valence-corrected chi connectivity index (χ2v) is 5.15. The molecule has 2 aliphatic rings. The predicted molar refractivity (Wildman–Crippen MR) is 74.7 cm³/mol. The van der Waals surface area contributed by atoms with Crippen molar-refractivity contribution in [3.63, 3.8) is 0 Å². The maximum absolute atomic E-state index is 14.3. The van der Waals surface area contributed by atoms with Crippen LogP contribution in [0, 0.1) is 5.82 Å². The number of hydrogen-bond acceptors (Lipinski definition) is 6. The highest BCUT2D eigenvalue weighted by Crippen LogP contribution is 2.29. The van der Waals surface area contributed by atoms with Crippen LogP contribution in [0.1, 0.15) is 0 Å². The van der Waals surface area contributed by atoms with Crippen molar-refractivity contribution in [2.75, 3.05) is 49.3 Å². The molecule has 3 rings (SSSR count). The van der Waals surface area contributed by atoms with E-state index in [9.17, 15) is 9.50 Å². The number of aliphatic hydroxyl groups excluding tert-OH is 2. The zero-order valence-corrected chi connectivity index (χ0v) is 11.6. The van der Waals surface area contributed by atoms with Crippen LogP contribution in [0.2, 0.25) is 0 Å². The Balaban J connectivity index is 1.77. The first-order chi connectivity index (χ1) is 10.2. The van der Waals surface area contributed by atoms with E-state index >= 15 is 0 Å². The first kappa shape index (κ1) is 14.5. The van der Waals surface area contributed by atoms with Crippen LogP contribution in [-0.2, 0) is 9.47 Å². The van der Waals surface area contributed by atoms with Gasteiger partial charge in [0.05, 0.1) is 32.1 Å². The minimum atomic E-state index is -1.16. The molecule has 2 aliphatic heterocycles. The van der Waals surface area contributed by atoms with Crippen molar-refractivity contribution in [1.82, 2.24) is 0 Å². The molecule has 2 fully saturated rings. The molecule has 0 spiro atoms. The largest absolute Gasteiger partial charge is 0.394 e. The molecule has 2 heterocycles. The highest BCUT2D eigenvalue weighted by molar-refractivity contribution is 5.58. The Morgan fingerprint density at radius 1 is 1.29 bits per heavy atom. The van der Waals surface area contributed by atoms with Gasteiger partial charge in [-0.3, -0.25) is 0 Å². The molecular formula is C14H19FN2O4. The molecule has 0 bridgehead atoms. The van der Waals surface area contributed by atoms with Gasteiger partial charge in [0.1, 0.15) is 11.9 Å². The zero-order valence-electron chi connectivity index (χ0n) is 11.6. The van der Waals surface area contributed by atoms with Gasteiger partial charge in [0.25, 0.3) is 0 Å². The van der Waals surface area contributed by atoms with Gasteiger partial charge in [-0.15, -0.1) is 0 Å². The summed E-state index contributed by atoms with van der Waals surface area (Å²) >= 11 is 0. The van der Waals surface area contributed by atoms with Gasteiger partial charge in [-0.2, -0.15) is 0 Å². The van der Waals surface area contributed by atoms with Gasteiger partial charge in [0, 0.05) is 18.8 Å². The number of benzene rings is 1. The van der Waals surface area contributed by atoms with Crippen LogP contribution in [0.3, 0.4) is 0 Å². The molecule has 7 heteroatoms. The lowest BCUT2D eigenvalue weighted by molar-refractivity contribution is -0.0989. The lowest BCUT2D eigenvalue weighted by atomic mass is 10.2. The molecule has 2 atom stereocenters. The van der Waals surface area contributed by atoms with Crippen molar-refractivity contribution in [1.29, 1.82) is 0 Å². The molecule has 21 heavy (non-hydrogen) atoms. The summed E-state index contributed by atoms with van der Waals surface area (Å²) in [6.07, 6.45) is -1.61. The van der Waals surface area contributed by atoms with Crippen LogP contribution in [0.15, 0.2) is 18.2 Å². The Bertz CT molecular complexity index is 496. The standard InChI is InChI=1S/C14H19FN2O4/c15-12-7-10(17-8-11(9-18)21-14(17)19)1-2-13(12)16-3-5-20-6-4-16/h1-2,7,11,14,18-19H,3-6,8-9H2/t11-,14?/m1/s1. The van der Waals surface area contributed by atoms with E-state index in [-0.39, 0.29) is 12.4 Å². The summed E-state index contributed by atoms with van der Waals surface area (Å²) in [5.74, 6) is -0.339. The molecule has 6 nitrogen and oxygen atoms in total. The van der Waals surface area contributed by atoms with E-state index in [0.29, 0.717) is 44.2 Å². The molecule has 0 saturated carbocycles. The molecule has 116 valence electrons. The van der Waals surface area contributed by atoms with Gasteiger partial charge >= 0.3 is 0 Å². The third-order valence-electron chi connectivity index (χ3n) is 3.80. The summed E-state index contributed by atoms with van der Waals surface area (Å²) in [5, 5.41) is 18.9. The highest BCUT2D eigenvalue weighted by atomic mass is 19.1. The number of rotatable bonds is 3. The maximum atomic E-state index is 14.3. The minimum absolute atomic E-state index is 0.179. The van der Waals surface area contributed by atoms with Crippen molar-refractivity contribution < 1.29 is 24.1 Å². The molecule has 2 N–H and O–H groups in total. The van der Waals surface area contributed by atoms with E-state index in [1.807, 2.05) is 4.90 Å². The first-order valence-electron chi connectivity index (χ1n) is 7.02. The predicted octanol–water partition coefficient (Wildman–Crippen LogP) is 0.136. The molecule has 1 unspecified atom stereocenters. The number of aliphatic hydroxyl groups is 2. The summed E-state index contributed by atoms with van der Waals surface area (Å²) in [6, 6.07) is 4.84. The van der Waals surface area contributed by atoms with E-state index in [2.05, 4.69) is 0 Å². The van der Waals surface area contributed by atoms with E-state index in [0.717, 1.165) is 0 Å². The number of anilines is 2. The number of hydrogen-bond donors (Lipinski definition) is 2. The average Bonchev–Trinajstić information content (AvgIpc) is 2.89. The Kier molecular flexibility index (Phi) is 4.25. The molecule has 0 amide bonds. The van der Waals surface area contributed by atoms with Gasteiger partial charge in [-0.05, 0) is 18.2 Å². The van der Waals surface area contributed by atoms with Crippen LogP contribution in [-0.4, -0.2) is 62.2 Å². The lowest BCUT2D eigenvalue weighted by Crippen LogP contribution is -2.37. The summed E-state index contributed by atoms with van der Waals surface area (Å²) in [6.45, 7) is 2.67. The summed E-state index contributed by atoms with van der Waals surface area (Å²) in [5.41, 5.74) is 1.07. The second kappa shape index (κ2) is 6.15. The van der Waals surface area contributed by atoms with E-state index < -0.39 is 12.5 Å². The SMILES string of the molecule is OC[C@H]1CN(c2ccc(N3CCOCC3)c(F)c2)C(O)O1. The smallest absolute Gasteiger partial charge is 0.238 e. The summed E-state index contributed by atoms with van der Waals surface area (Å²) < 4.78 is 24.7. The number of morpholine rings is 1. The monoisotopic (exact) mass is 298 g/mol. The third kappa shape index (κ3) is 2.96. The molecule has 1 aromatic carbocycles. The molecule has 0 aliphatic carbocycles. The van der Waals surface area contributed by atoms with Crippen LogP contribution in [0.4, 0.5) is 15.8 Å². The lowest BCUT2D eigenvalue weighted by Gasteiger charge is -2.30. The van der Waals surface area contributed by atoms with Crippen LogP contribution in [0.5, 0.6) is 0 Å². The van der Waals surface area contributed by atoms with Crippen LogP contribution in [0.25, 0.3) is 0 Å². The molecular weight excluding hydrogens is 279 g/mol. The van der Waals surface area contributed by atoms with Crippen LogP contribution < -0.4 is 9.80 Å². The number of halogens is 1. The van der Waals surface area contributed by atoms with E-state index in [4.69, 9.17) is 14.6 Å². The quantitative estimate of drug-likeness (QED) is 0.827. The van der Waals surface area contributed by atoms with Crippen molar-refractivity contribution in [2.24, 2.45) is 0 Å². The van der Waals surface area contributed by atoms with E-state index in [1.165, 1.54) is 11.0 Å². The van der Waals surface area contributed by atoms with Crippen LogP contribution >= 0.6 is 0 Å². The van der Waals surface area contributed by atoms with Gasteiger partial charge in [-0.25, -0.2) is 4.39 Å². The molecule has 0 radical (unpaired) electrons. The van der Waals surface area contributed by atoms with Crippen molar-refractivity contribution in [2.45, 2.75) is 12.5 Å². The zero-order chi connectivity index (χ0) is 14.8. The average molecular weight is 298 g/mol. The van der Waals surface area contributed by atoms with Gasteiger partial charge in [0.15, 0.2) is 0 Å². The molecule has 2 saturated heterocycles. The minimum Gasteiger partial charge on any atom is -0.394 e. The fraction of sp³-hybridized carbons (Fsp3) is 0.571. The third-order valence-corrected chi connectivity index (χ3v) is 3.80. The normalized spacial score (nSPS) is 26.4. The Morgan fingerprint density at radius 3 is 2.67 bits per heavy atom. The Morgan fingerprint density at radius 2 is 2.05 bits per heavy atom. The van der Waals surface area contributed by atoms with Gasteiger partial charge in [0.2, 0.25) is 6.41 Å². The van der Waals surface area contributed by atoms with Crippen molar-refractivity contribution >= 4 is 11.4 Å². The number of nitrogens with zero attached hydrogens (tertiary/aromatic N) is 2. The fourth-order valence-corrected chi connectivity index (χ4v) is 2.67. The summed E-state index contributed by atoms with van der Waals surface area (Å²) in [7, 11) is 0. The van der Waals surface area contributed by atoms with Gasteiger partial charge < -0.3 is 29.5 Å². The number of ether oxygens (including phenoxy) is 2. The second-order valence-electron chi connectivity index (χ2n) is 5.15. The first-order valence-corrected chi connectivity index (χ1v) is 7.02. The van der Waals surface area contributed by atoms with Gasteiger partial charge in [-0.1, -0.05) is 0 Å². The van der Waals surface area contributed by atoms with E-state index in [1.54, 1.807) is 12.1 Å². The van der Waals surface area contributed by atoms with Crippen molar-refractivity contribution in [3.05, 3.63) is 24.0 Å². The molecule has 1 aromatic rings. The topological polar surface area (TPSA) is 65.4 Å². The van der Waals surface area contributed by atoms with Crippen molar-refractivity contribution in [3.8, 4) is 0 Å². The Hall–Kier alpha value is -1.41. The molecule has 0 aromatic heterocycles. The fourth-order valence-electron chi connectivity index (χ4n) is 2.67. The Labute approximate surface area is 122 Å². The summed E-state index contributed by atoms with van der Waals surface area (Å²) in [4.78, 5) is 3.46. The maximum Gasteiger partial charge on any atom is 0.238 e.